The number of hydrogen-bond donors (Lipinski definition) is 3. The van der Waals surface area contributed by atoms with Gasteiger partial charge in [-0.3, -0.25) is 9.78 Å². The highest BCUT2D eigenvalue weighted by Gasteiger charge is 2.10. The summed E-state index contributed by atoms with van der Waals surface area (Å²) >= 11 is 0. The topological polar surface area (TPSA) is 93.6 Å². The second kappa shape index (κ2) is 8.28. The molecule has 2 heterocycles. The fourth-order valence-corrected chi connectivity index (χ4v) is 3.22. The number of para-hydroxylation sites is 2. The van der Waals surface area contributed by atoms with Gasteiger partial charge in [0.25, 0.3) is 5.91 Å². The van der Waals surface area contributed by atoms with Crippen molar-refractivity contribution < 1.29 is 4.79 Å². The molecule has 4 aromatic rings. The van der Waals surface area contributed by atoms with Crippen LogP contribution in [0.3, 0.4) is 0 Å². The SMILES string of the molecule is N#Cc1ccccc1Nc1ccnc(C(=O)NCCc2c[nH]c3ccccc23)c1. The Morgan fingerprint density at radius 2 is 1.93 bits per heavy atom. The first-order valence-electron chi connectivity index (χ1n) is 9.30. The fourth-order valence-electron chi connectivity index (χ4n) is 3.22. The number of nitrogens with one attached hydrogen (secondary N) is 3. The van der Waals surface area contributed by atoms with Gasteiger partial charge >= 0.3 is 0 Å². The molecule has 3 N–H and O–H groups in total. The summed E-state index contributed by atoms with van der Waals surface area (Å²) in [5.74, 6) is -0.234. The summed E-state index contributed by atoms with van der Waals surface area (Å²) in [5.41, 5.74) is 4.50. The van der Waals surface area contributed by atoms with Crippen LogP contribution in [0.5, 0.6) is 0 Å². The molecular formula is C23H19N5O. The standard InChI is InChI=1S/C23H19N5O/c24-14-16-5-1-3-7-20(16)28-18-10-12-25-22(13-18)23(29)26-11-9-17-15-27-21-8-4-2-6-19(17)21/h1-8,10,12-13,15,27H,9,11H2,(H,25,28)(H,26,29). The maximum Gasteiger partial charge on any atom is 0.269 e. The van der Waals surface area contributed by atoms with Crippen LogP contribution < -0.4 is 10.6 Å². The minimum Gasteiger partial charge on any atom is -0.361 e. The van der Waals surface area contributed by atoms with Gasteiger partial charge in [-0.25, -0.2) is 0 Å². The van der Waals surface area contributed by atoms with Gasteiger partial charge in [0.2, 0.25) is 0 Å². The van der Waals surface area contributed by atoms with Crippen LogP contribution in [0.25, 0.3) is 10.9 Å². The molecule has 0 aliphatic carbocycles. The number of rotatable bonds is 6. The molecular weight excluding hydrogens is 362 g/mol. The maximum absolute atomic E-state index is 12.5. The van der Waals surface area contributed by atoms with E-state index < -0.39 is 0 Å². The maximum atomic E-state index is 12.5. The van der Waals surface area contributed by atoms with Crippen molar-refractivity contribution in [2.75, 3.05) is 11.9 Å². The third kappa shape index (κ3) is 4.09. The summed E-state index contributed by atoms with van der Waals surface area (Å²) in [6.07, 6.45) is 4.28. The zero-order chi connectivity index (χ0) is 20.1. The normalized spacial score (nSPS) is 10.4. The van der Waals surface area contributed by atoms with Crippen molar-refractivity contribution in [3.63, 3.8) is 0 Å². The van der Waals surface area contributed by atoms with Gasteiger partial charge in [-0.15, -0.1) is 0 Å². The van der Waals surface area contributed by atoms with E-state index in [4.69, 9.17) is 0 Å². The number of nitriles is 1. The molecule has 29 heavy (non-hydrogen) atoms. The van der Waals surface area contributed by atoms with Gasteiger partial charge in [-0.05, 0) is 42.3 Å². The first-order chi connectivity index (χ1) is 14.2. The Balaban J connectivity index is 1.40. The van der Waals surface area contributed by atoms with Gasteiger partial charge < -0.3 is 15.6 Å². The molecule has 2 aromatic carbocycles. The molecule has 142 valence electrons. The summed E-state index contributed by atoms with van der Waals surface area (Å²) in [5, 5.41) is 16.5. The minimum absolute atomic E-state index is 0.234. The van der Waals surface area contributed by atoms with Gasteiger partial charge in [-0.2, -0.15) is 5.26 Å². The van der Waals surface area contributed by atoms with Gasteiger partial charge in [0.1, 0.15) is 11.8 Å². The molecule has 0 saturated heterocycles. The molecule has 6 nitrogen and oxygen atoms in total. The monoisotopic (exact) mass is 381 g/mol. The van der Waals surface area contributed by atoms with Crippen molar-refractivity contribution in [2.45, 2.75) is 6.42 Å². The second-order valence-corrected chi connectivity index (χ2v) is 6.58. The number of fused-ring (bicyclic) bond motifs is 1. The number of aromatic nitrogens is 2. The van der Waals surface area contributed by atoms with E-state index in [0.717, 1.165) is 17.5 Å². The number of anilines is 2. The van der Waals surface area contributed by atoms with Crippen LogP contribution in [0.15, 0.2) is 73.1 Å². The molecule has 0 bridgehead atoms. The third-order valence-corrected chi connectivity index (χ3v) is 4.67. The number of H-pyrrole nitrogens is 1. The summed E-state index contributed by atoms with van der Waals surface area (Å²) in [4.78, 5) is 19.9. The summed E-state index contributed by atoms with van der Waals surface area (Å²) in [6, 6.07) is 20.9. The predicted molar refractivity (Wildman–Crippen MR) is 113 cm³/mol. The highest BCUT2D eigenvalue weighted by molar-refractivity contribution is 5.93. The van der Waals surface area contributed by atoms with Crippen LogP contribution in [0.1, 0.15) is 21.6 Å². The highest BCUT2D eigenvalue weighted by atomic mass is 16.1. The van der Waals surface area contributed by atoms with Crippen molar-refractivity contribution >= 4 is 28.2 Å². The zero-order valence-corrected chi connectivity index (χ0v) is 15.6. The molecule has 4 rings (SSSR count). The van der Waals surface area contributed by atoms with E-state index in [1.165, 1.54) is 5.39 Å². The van der Waals surface area contributed by atoms with E-state index in [-0.39, 0.29) is 5.91 Å². The Morgan fingerprint density at radius 1 is 1.10 bits per heavy atom. The van der Waals surface area contributed by atoms with Gasteiger partial charge in [-0.1, -0.05) is 30.3 Å². The summed E-state index contributed by atoms with van der Waals surface area (Å²) in [7, 11) is 0. The van der Waals surface area contributed by atoms with Crippen LogP contribution >= 0.6 is 0 Å². The molecule has 0 saturated carbocycles. The van der Waals surface area contributed by atoms with Crippen LogP contribution in [-0.2, 0) is 6.42 Å². The lowest BCUT2D eigenvalue weighted by Gasteiger charge is -2.09. The molecule has 6 heteroatoms. The van der Waals surface area contributed by atoms with E-state index in [2.05, 4.69) is 32.7 Å². The van der Waals surface area contributed by atoms with Crippen molar-refractivity contribution in [2.24, 2.45) is 0 Å². The number of aromatic amines is 1. The first kappa shape index (κ1) is 18.3. The average Bonchev–Trinajstić information content (AvgIpc) is 3.17. The van der Waals surface area contributed by atoms with Gasteiger partial charge in [0.15, 0.2) is 0 Å². The van der Waals surface area contributed by atoms with Crippen molar-refractivity contribution in [3.8, 4) is 6.07 Å². The first-order valence-corrected chi connectivity index (χ1v) is 9.30. The van der Waals surface area contributed by atoms with Crippen LogP contribution in [0.2, 0.25) is 0 Å². The number of amides is 1. The van der Waals surface area contributed by atoms with Crippen LogP contribution in [-0.4, -0.2) is 22.4 Å². The smallest absolute Gasteiger partial charge is 0.269 e. The fraction of sp³-hybridized carbons (Fsp3) is 0.0870. The zero-order valence-electron chi connectivity index (χ0n) is 15.6. The van der Waals surface area contributed by atoms with Gasteiger partial charge in [0, 0.05) is 35.5 Å². The molecule has 0 aliphatic rings. The van der Waals surface area contributed by atoms with E-state index in [9.17, 15) is 10.1 Å². The quantitative estimate of drug-likeness (QED) is 0.468. The summed E-state index contributed by atoms with van der Waals surface area (Å²) < 4.78 is 0. The molecule has 0 radical (unpaired) electrons. The average molecular weight is 381 g/mol. The van der Waals surface area contributed by atoms with E-state index >= 15 is 0 Å². The Kier molecular flexibility index (Phi) is 5.21. The third-order valence-electron chi connectivity index (χ3n) is 4.67. The van der Waals surface area contributed by atoms with Crippen LogP contribution in [0, 0.1) is 11.3 Å². The van der Waals surface area contributed by atoms with E-state index in [1.807, 2.05) is 42.6 Å². The molecule has 1 amide bonds. The second-order valence-electron chi connectivity index (χ2n) is 6.58. The highest BCUT2D eigenvalue weighted by Crippen LogP contribution is 2.20. The number of nitrogens with zero attached hydrogens (tertiary/aromatic N) is 2. The minimum atomic E-state index is -0.234. The van der Waals surface area contributed by atoms with Crippen molar-refractivity contribution in [1.29, 1.82) is 5.26 Å². The number of benzene rings is 2. The summed E-state index contributed by atoms with van der Waals surface area (Å²) in [6.45, 7) is 0.511. The van der Waals surface area contributed by atoms with Crippen LogP contribution in [0.4, 0.5) is 11.4 Å². The molecule has 0 aliphatic heterocycles. The Morgan fingerprint density at radius 3 is 2.83 bits per heavy atom. The number of pyridine rings is 1. The van der Waals surface area contributed by atoms with E-state index in [1.54, 1.807) is 24.4 Å². The molecule has 0 unspecified atom stereocenters. The molecule has 0 fully saturated rings. The largest absolute Gasteiger partial charge is 0.361 e. The lowest BCUT2D eigenvalue weighted by Crippen LogP contribution is -2.26. The van der Waals surface area contributed by atoms with Crippen molar-refractivity contribution in [1.82, 2.24) is 15.3 Å². The number of carbonyl (C=O) groups is 1. The molecule has 0 atom stereocenters. The lowest BCUT2D eigenvalue weighted by molar-refractivity contribution is 0.0949. The molecule has 2 aromatic heterocycles. The number of hydrogen-bond acceptors (Lipinski definition) is 4. The van der Waals surface area contributed by atoms with E-state index in [0.29, 0.717) is 29.2 Å². The molecule has 0 spiro atoms. The van der Waals surface area contributed by atoms with Crippen molar-refractivity contribution in [3.05, 3.63) is 89.9 Å². The predicted octanol–water partition coefficient (Wildman–Crippen LogP) is 4.15. The number of carbonyl (C=O) groups excluding carboxylic acids is 1. The van der Waals surface area contributed by atoms with Gasteiger partial charge in [0.05, 0.1) is 11.3 Å². The Hall–Kier alpha value is -4.11. The Labute approximate surface area is 168 Å². The Bertz CT molecular complexity index is 1210. The lowest BCUT2D eigenvalue weighted by atomic mass is 10.1.